The zero-order valence-corrected chi connectivity index (χ0v) is 18.8. The molecule has 176 valence electrons. The maximum absolute atomic E-state index is 15.8. The van der Waals surface area contributed by atoms with Crippen LogP contribution in [-0.4, -0.2) is 74.4 Å². The molecule has 5 aliphatic rings. The van der Waals surface area contributed by atoms with E-state index in [1.165, 1.54) is 12.8 Å². The van der Waals surface area contributed by atoms with Crippen LogP contribution >= 0.6 is 0 Å². The number of carbonyl (C=O) groups is 1. The number of rotatable bonds is 6. The van der Waals surface area contributed by atoms with E-state index in [0.29, 0.717) is 31.8 Å². The van der Waals surface area contributed by atoms with Gasteiger partial charge in [-0.2, -0.15) is 0 Å². The molecule has 5 N–H and O–H groups in total. The number of halogens is 1. The van der Waals surface area contributed by atoms with Crippen molar-refractivity contribution < 1.29 is 13.9 Å². The molecule has 0 aromatic heterocycles. The van der Waals surface area contributed by atoms with Crippen molar-refractivity contribution in [3.63, 3.8) is 0 Å². The topological polar surface area (TPSA) is 89.7 Å². The van der Waals surface area contributed by atoms with Crippen LogP contribution in [0.2, 0.25) is 0 Å². The third-order valence-corrected chi connectivity index (χ3v) is 8.30. The molecule has 5 fully saturated rings. The lowest BCUT2D eigenvalue weighted by atomic mass is 9.63. The number of carbonyl (C=O) groups excluding carboxylic acids is 1. The van der Waals surface area contributed by atoms with Crippen LogP contribution in [0.4, 0.5) is 4.39 Å². The van der Waals surface area contributed by atoms with Gasteiger partial charge >= 0.3 is 0 Å². The molecule has 7 atom stereocenters. The van der Waals surface area contributed by atoms with Crippen molar-refractivity contribution in [1.82, 2.24) is 31.7 Å². The maximum Gasteiger partial charge on any atom is 0.237 e. The van der Waals surface area contributed by atoms with Crippen molar-refractivity contribution in [2.45, 2.75) is 88.5 Å². The molecular weight excluding hydrogens is 399 g/mol. The third kappa shape index (κ3) is 4.37. The fraction of sp³-hybridized carbons (Fsp3) is 0.955. The van der Waals surface area contributed by atoms with Gasteiger partial charge in [0.05, 0.1) is 37.5 Å². The minimum absolute atomic E-state index is 0.113. The van der Waals surface area contributed by atoms with Gasteiger partial charge in [0, 0.05) is 12.1 Å². The molecule has 3 saturated heterocycles. The highest BCUT2D eigenvalue weighted by Crippen LogP contribution is 2.48. The van der Waals surface area contributed by atoms with E-state index in [4.69, 9.17) is 4.74 Å². The molecule has 31 heavy (non-hydrogen) atoms. The number of nitrogens with one attached hydrogen (secondary N) is 5. The maximum atomic E-state index is 15.8. The van der Waals surface area contributed by atoms with Crippen LogP contribution in [0.3, 0.4) is 0 Å². The van der Waals surface area contributed by atoms with Crippen LogP contribution in [0.25, 0.3) is 0 Å². The first-order valence-electron chi connectivity index (χ1n) is 12.2. The Morgan fingerprint density at radius 2 is 2.00 bits per heavy atom. The lowest BCUT2D eigenvalue weighted by Gasteiger charge is -2.53. The summed E-state index contributed by atoms with van der Waals surface area (Å²) in [6.45, 7) is 3.75. The van der Waals surface area contributed by atoms with Gasteiger partial charge in [0.25, 0.3) is 0 Å². The first-order valence-corrected chi connectivity index (χ1v) is 12.2. The van der Waals surface area contributed by atoms with E-state index in [-0.39, 0.29) is 36.2 Å². The molecule has 5 rings (SSSR count). The van der Waals surface area contributed by atoms with E-state index in [1.807, 2.05) is 11.9 Å². The fourth-order valence-corrected chi connectivity index (χ4v) is 6.14. The van der Waals surface area contributed by atoms with Gasteiger partial charge in [0.1, 0.15) is 12.3 Å². The summed E-state index contributed by atoms with van der Waals surface area (Å²) in [6, 6.07) is 0.322. The van der Waals surface area contributed by atoms with Crippen molar-refractivity contribution in [3.8, 4) is 0 Å². The van der Waals surface area contributed by atoms with Gasteiger partial charge in [-0.1, -0.05) is 6.42 Å². The van der Waals surface area contributed by atoms with Crippen molar-refractivity contribution in [1.29, 1.82) is 0 Å². The quantitative estimate of drug-likeness (QED) is 0.411. The number of amides is 1. The predicted molar refractivity (Wildman–Crippen MR) is 115 cm³/mol. The van der Waals surface area contributed by atoms with E-state index in [1.54, 1.807) is 0 Å². The molecule has 2 aliphatic carbocycles. The second kappa shape index (κ2) is 8.83. The molecule has 0 aromatic carbocycles. The molecule has 0 spiro atoms. The Labute approximate surface area is 184 Å². The number of ether oxygens (including phenoxy) is 1. The highest BCUT2D eigenvalue weighted by molar-refractivity contribution is 5.82. The predicted octanol–water partition coefficient (Wildman–Crippen LogP) is 0.415. The summed E-state index contributed by atoms with van der Waals surface area (Å²) in [5.74, 6) is 1.00. The molecule has 0 bridgehead atoms. The van der Waals surface area contributed by atoms with Crippen molar-refractivity contribution >= 4 is 5.91 Å². The highest BCUT2D eigenvalue weighted by Gasteiger charge is 2.56. The fourth-order valence-electron chi connectivity index (χ4n) is 6.14. The summed E-state index contributed by atoms with van der Waals surface area (Å²) in [6.07, 6.45) is 6.05. The SMILES string of the molecule is CC1CC(C(=O)NC2CCCC(C3([C@@H](F)C4NNCN4C)COC3)C2)NC(C2CC2)N1. The zero-order valence-electron chi connectivity index (χ0n) is 18.8. The lowest BCUT2D eigenvalue weighted by molar-refractivity contribution is -0.201. The van der Waals surface area contributed by atoms with Crippen LogP contribution in [0, 0.1) is 17.3 Å². The van der Waals surface area contributed by atoms with E-state index < -0.39 is 11.6 Å². The van der Waals surface area contributed by atoms with E-state index in [0.717, 1.165) is 32.1 Å². The van der Waals surface area contributed by atoms with E-state index in [9.17, 15) is 4.79 Å². The monoisotopic (exact) mass is 438 g/mol. The van der Waals surface area contributed by atoms with Gasteiger partial charge in [0.15, 0.2) is 0 Å². The van der Waals surface area contributed by atoms with Gasteiger partial charge in [-0.3, -0.25) is 20.3 Å². The van der Waals surface area contributed by atoms with Crippen molar-refractivity contribution in [3.05, 3.63) is 0 Å². The number of hydrogen-bond acceptors (Lipinski definition) is 7. The first-order chi connectivity index (χ1) is 15.0. The Hall–Kier alpha value is -0.840. The average Bonchev–Trinajstić information content (AvgIpc) is 3.48. The summed E-state index contributed by atoms with van der Waals surface area (Å²) in [7, 11) is 1.93. The summed E-state index contributed by atoms with van der Waals surface area (Å²) in [5.41, 5.74) is 5.67. The highest BCUT2D eigenvalue weighted by atomic mass is 19.1. The Balaban J connectivity index is 1.20. The molecule has 8 nitrogen and oxygen atoms in total. The minimum atomic E-state index is -1.01. The number of nitrogens with zero attached hydrogens (tertiary/aromatic N) is 1. The first kappa shape index (κ1) is 22.0. The Kier molecular flexibility index (Phi) is 6.26. The van der Waals surface area contributed by atoms with Gasteiger partial charge in [-0.25, -0.2) is 15.2 Å². The minimum Gasteiger partial charge on any atom is -0.380 e. The van der Waals surface area contributed by atoms with Gasteiger partial charge in [-0.05, 0) is 64.3 Å². The molecule has 9 heteroatoms. The zero-order chi connectivity index (χ0) is 21.6. The smallest absolute Gasteiger partial charge is 0.237 e. The summed E-state index contributed by atoms with van der Waals surface area (Å²) in [5, 5.41) is 10.5. The van der Waals surface area contributed by atoms with Crippen LogP contribution in [-0.2, 0) is 9.53 Å². The van der Waals surface area contributed by atoms with Crippen molar-refractivity contribution in [2.75, 3.05) is 26.9 Å². The summed E-state index contributed by atoms with van der Waals surface area (Å²) in [4.78, 5) is 15.1. The van der Waals surface area contributed by atoms with Crippen molar-refractivity contribution in [2.24, 2.45) is 17.3 Å². The summed E-state index contributed by atoms with van der Waals surface area (Å²) >= 11 is 0. The molecule has 0 radical (unpaired) electrons. The second-order valence-electron chi connectivity index (χ2n) is 10.7. The second-order valence-corrected chi connectivity index (χ2v) is 10.7. The molecule has 2 saturated carbocycles. The van der Waals surface area contributed by atoms with Gasteiger partial charge < -0.3 is 10.1 Å². The standard InChI is InChI=1S/C22H39FN6O2/c1-13-8-17(27-19(25-13)14-6-7-14)21(30)26-16-5-3-4-15(9-16)22(10-31-11-22)18(23)20-28-24-12-29(20)2/h13-20,24-25,27-28H,3-12H2,1-2H3,(H,26,30)/t13?,15?,16?,17?,18-,19?,20?/m0/s1. The van der Waals surface area contributed by atoms with Crippen LogP contribution in [0.15, 0.2) is 0 Å². The Morgan fingerprint density at radius 1 is 1.19 bits per heavy atom. The summed E-state index contributed by atoms with van der Waals surface area (Å²) < 4.78 is 21.3. The normalized spacial score (nSPS) is 42.0. The average molecular weight is 439 g/mol. The van der Waals surface area contributed by atoms with Crippen LogP contribution in [0.1, 0.15) is 51.9 Å². The largest absolute Gasteiger partial charge is 0.380 e. The van der Waals surface area contributed by atoms with Crippen LogP contribution in [0.5, 0.6) is 0 Å². The lowest BCUT2D eigenvalue weighted by Crippen LogP contribution is -2.64. The third-order valence-electron chi connectivity index (χ3n) is 8.30. The molecule has 0 aromatic rings. The molecular formula is C22H39FN6O2. The molecule has 1 amide bonds. The molecule has 6 unspecified atom stereocenters. The van der Waals surface area contributed by atoms with Crippen LogP contribution < -0.4 is 26.8 Å². The Morgan fingerprint density at radius 3 is 2.65 bits per heavy atom. The number of hydrogen-bond donors (Lipinski definition) is 5. The molecule has 3 aliphatic heterocycles. The van der Waals surface area contributed by atoms with E-state index >= 15 is 4.39 Å². The number of hydrazine groups is 1. The van der Waals surface area contributed by atoms with E-state index in [2.05, 4.69) is 33.7 Å². The number of alkyl halides is 1. The molecule has 3 heterocycles. The Bertz CT molecular complexity index is 660. The van der Waals surface area contributed by atoms with Gasteiger partial charge in [-0.15, -0.1) is 0 Å². The van der Waals surface area contributed by atoms with Gasteiger partial charge in [0.2, 0.25) is 5.91 Å².